The molecule has 4 nitrogen and oxygen atoms in total. The SMILES string of the molecule is COC(=O)C1C(C)=NC2=C(C(=O)C[C@@H](c3ccccc3)C2)[C@H]1c1ccc(Cl)cc1. The number of halogens is 1. The summed E-state index contributed by atoms with van der Waals surface area (Å²) in [7, 11) is 1.37. The minimum Gasteiger partial charge on any atom is -0.468 e. The zero-order valence-electron chi connectivity index (χ0n) is 16.4. The zero-order valence-corrected chi connectivity index (χ0v) is 17.1. The van der Waals surface area contributed by atoms with Crippen LogP contribution in [0, 0.1) is 5.92 Å². The third-order valence-electron chi connectivity index (χ3n) is 5.84. The first-order chi connectivity index (χ1) is 14.0. The Labute approximate surface area is 175 Å². The maximum absolute atomic E-state index is 13.3. The molecule has 0 fully saturated rings. The number of hydrogen-bond acceptors (Lipinski definition) is 4. The van der Waals surface area contributed by atoms with Crippen LogP contribution in [0.3, 0.4) is 0 Å². The van der Waals surface area contributed by atoms with Crippen molar-refractivity contribution in [2.45, 2.75) is 31.6 Å². The Morgan fingerprint density at radius 1 is 1.03 bits per heavy atom. The lowest BCUT2D eigenvalue weighted by Gasteiger charge is -2.36. The quantitative estimate of drug-likeness (QED) is 0.666. The van der Waals surface area contributed by atoms with E-state index in [0.717, 1.165) is 16.8 Å². The number of benzene rings is 2. The van der Waals surface area contributed by atoms with Gasteiger partial charge in [0.2, 0.25) is 0 Å². The molecule has 0 radical (unpaired) electrons. The first-order valence-electron chi connectivity index (χ1n) is 9.69. The molecule has 0 bridgehead atoms. The summed E-state index contributed by atoms with van der Waals surface area (Å²) in [6, 6.07) is 17.4. The number of esters is 1. The van der Waals surface area contributed by atoms with Crippen molar-refractivity contribution in [1.29, 1.82) is 0 Å². The molecule has 4 rings (SSSR count). The molecule has 1 aliphatic carbocycles. The maximum atomic E-state index is 13.3. The molecule has 0 amide bonds. The Kier molecular flexibility index (Phi) is 5.37. The summed E-state index contributed by atoms with van der Waals surface area (Å²) in [5.74, 6) is -1.26. The van der Waals surface area contributed by atoms with Crippen LogP contribution in [0.25, 0.3) is 0 Å². The van der Waals surface area contributed by atoms with E-state index in [2.05, 4.69) is 12.1 Å². The lowest BCUT2D eigenvalue weighted by atomic mass is 9.69. The van der Waals surface area contributed by atoms with Crippen molar-refractivity contribution in [3.05, 3.63) is 82.0 Å². The minimum absolute atomic E-state index is 0.0465. The lowest BCUT2D eigenvalue weighted by molar-refractivity contribution is -0.143. The van der Waals surface area contributed by atoms with Crippen LogP contribution >= 0.6 is 11.6 Å². The highest BCUT2D eigenvalue weighted by Gasteiger charge is 2.44. The van der Waals surface area contributed by atoms with Gasteiger partial charge in [-0.3, -0.25) is 14.6 Å². The number of carbonyl (C=O) groups excluding carboxylic acids is 2. The molecule has 148 valence electrons. The van der Waals surface area contributed by atoms with E-state index in [0.29, 0.717) is 29.1 Å². The smallest absolute Gasteiger partial charge is 0.315 e. The summed E-state index contributed by atoms with van der Waals surface area (Å²) in [4.78, 5) is 30.7. The fourth-order valence-corrected chi connectivity index (χ4v) is 4.61. The summed E-state index contributed by atoms with van der Waals surface area (Å²) in [5, 5.41) is 0.609. The van der Waals surface area contributed by atoms with Crippen molar-refractivity contribution in [3.8, 4) is 0 Å². The van der Waals surface area contributed by atoms with Crippen LogP contribution in [0.4, 0.5) is 0 Å². The van der Waals surface area contributed by atoms with Gasteiger partial charge >= 0.3 is 5.97 Å². The molecule has 1 heterocycles. The van der Waals surface area contributed by atoms with E-state index in [9.17, 15) is 9.59 Å². The molecule has 0 spiro atoms. The molecule has 5 heteroatoms. The first kappa shape index (κ1) is 19.6. The van der Waals surface area contributed by atoms with Crippen molar-refractivity contribution in [2.75, 3.05) is 7.11 Å². The molecular formula is C24H22ClNO3. The molecular weight excluding hydrogens is 386 g/mol. The van der Waals surface area contributed by atoms with Gasteiger partial charge in [-0.05, 0) is 42.5 Å². The number of methoxy groups -OCH3 is 1. The highest BCUT2D eigenvalue weighted by atomic mass is 35.5. The lowest BCUT2D eigenvalue weighted by Crippen LogP contribution is -2.37. The molecule has 1 aliphatic heterocycles. The van der Waals surface area contributed by atoms with Crippen LogP contribution in [0.1, 0.15) is 42.7 Å². The predicted octanol–water partition coefficient (Wildman–Crippen LogP) is 5.09. The number of hydrogen-bond donors (Lipinski definition) is 0. The van der Waals surface area contributed by atoms with Crippen LogP contribution in [0.2, 0.25) is 5.02 Å². The van der Waals surface area contributed by atoms with Crippen LogP contribution in [0.15, 0.2) is 70.9 Å². The van der Waals surface area contributed by atoms with E-state index >= 15 is 0 Å². The highest BCUT2D eigenvalue weighted by molar-refractivity contribution is 6.30. The fourth-order valence-electron chi connectivity index (χ4n) is 4.48. The average molecular weight is 408 g/mol. The van der Waals surface area contributed by atoms with Gasteiger partial charge < -0.3 is 4.74 Å². The van der Waals surface area contributed by atoms with Gasteiger partial charge in [-0.2, -0.15) is 0 Å². The third kappa shape index (κ3) is 3.65. The molecule has 2 aromatic rings. The van der Waals surface area contributed by atoms with Gasteiger partial charge in [0.25, 0.3) is 0 Å². The zero-order chi connectivity index (χ0) is 20.5. The molecule has 3 atom stereocenters. The van der Waals surface area contributed by atoms with Gasteiger partial charge in [0.15, 0.2) is 5.78 Å². The van der Waals surface area contributed by atoms with Crippen LogP contribution in [0.5, 0.6) is 0 Å². The Hall–Kier alpha value is -2.72. The molecule has 1 unspecified atom stereocenters. The largest absolute Gasteiger partial charge is 0.468 e. The monoisotopic (exact) mass is 407 g/mol. The summed E-state index contributed by atoms with van der Waals surface area (Å²) in [5.41, 5.74) is 4.11. The number of allylic oxidation sites excluding steroid dienone is 2. The Bertz CT molecular complexity index is 1010. The summed E-state index contributed by atoms with van der Waals surface area (Å²) >= 11 is 6.06. The van der Waals surface area contributed by atoms with Gasteiger partial charge in [-0.1, -0.05) is 54.1 Å². The minimum atomic E-state index is -0.614. The fraction of sp³-hybridized carbons (Fsp3) is 0.292. The van der Waals surface area contributed by atoms with Crippen LogP contribution < -0.4 is 0 Å². The molecule has 0 aromatic heterocycles. The van der Waals surface area contributed by atoms with Crippen molar-refractivity contribution in [3.63, 3.8) is 0 Å². The number of ether oxygens (including phenoxy) is 1. The van der Waals surface area contributed by atoms with Gasteiger partial charge in [0.1, 0.15) is 5.92 Å². The van der Waals surface area contributed by atoms with Gasteiger partial charge in [-0.25, -0.2) is 0 Å². The Morgan fingerprint density at radius 2 is 1.72 bits per heavy atom. The molecule has 29 heavy (non-hydrogen) atoms. The van der Waals surface area contributed by atoms with Gasteiger partial charge in [-0.15, -0.1) is 0 Å². The molecule has 0 saturated carbocycles. The summed E-state index contributed by atoms with van der Waals surface area (Å²) in [6.45, 7) is 1.84. The van der Waals surface area contributed by atoms with E-state index in [1.807, 2.05) is 37.3 Å². The summed E-state index contributed by atoms with van der Waals surface area (Å²) in [6.07, 6.45) is 1.09. The third-order valence-corrected chi connectivity index (χ3v) is 6.10. The second kappa shape index (κ2) is 7.96. The second-order valence-electron chi connectivity index (χ2n) is 7.58. The normalized spacial score (nSPS) is 24.0. The first-order valence-corrected chi connectivity index (χ1v) is 10.1. The second-order valence-corrected chi connectivity index (χ2v) is 8.02. The number of ketones is 1. The van der Waals surface area contributed by atoms with Crippen molar-refractivity contribution in [2.24, 2.45) is 10.9 Å². The van der Waals surface area contributed by atoms with Crippen molar-refractivity contribution >= 4 is 29.1 Å². The molecule has 0 saturated heterocycles. The number of nitrogens with zero attached hydrogens (tertiary/aromatic N) is 1. The molecule has 0 N–H and O–H groups in total. The van der Waals surface area contributed by atoms with E-state index in [1.54, 1.807) is 12.1 Å². The van der Waals surface area contributed by atoms with E-state index in [-0.39, 0.29) is 17.7 Å². The molecule has 2 aromatic carbocycles. The van der Waals surface area contributed by atoms with Crippen molar-refractivity contribution < 1.29 is 14.3 Å². The molecule has 2 aliphatic rings. The average Bonchev–Trinajstić information content (AvgIpc) is 2.73. The number of aliphatic imine (C=N–C) groups is 1. The Morgan fingerprint density at radius 3 is 2.38 bits per heavy atom. The van der Waals surface area contributed by atoms with E-state index in [1.165, 1.54) is 7.11 Å². The standard InChI is InChI=1S/C24H22ClNO3/c1-14-21(24(28)29-2)22(16-8-10-18(25)11-9-16)23-19(26-14)12-17(13-20(23)27)15-6-4-3-5-7-15/h3-11,17,21-22H,12-13H2,1-2H3/t17-,21?,22-/m0/s1. The Balaban J connectivity index is 1.81. The topological polar surface area (TPSA) is 55.7 Å². The number of Topliss-reactive ketones (excluding diaryl/α,β-unsaturated/α-hetero) is 1. The van der Waals surface area contributed by atoms with Crippen LogP contribution in [-0.2, 0) is 14.3 Å². The predicted molar refractivity (Wildman–Crippen MR) is 113 cm³/mol. The highest BCUT2D eigenvalue weighted by Crippen LogP contribution is 2.46. The van der Waals surface area contributed by atoms with Crippen molar-refractivity contribution in [1.82, 2.24) is 0 Å². The number of carbonyl (C=O) groups is 2. The van der Waals surface area contributed by atoms with Crippen LogP contribution in [-0.4, -0.2) is 24.6 Å². The van der Waals surface area contributed by atoms with E-state index < -0.39 is 11.8 Å². The van der Waals surface area contributed by atoms with Gasteiger partial charge in [0, 0.05) is 34.3 Å². The van der Waals surface area contributed by atoms with Gasteiger partial charge in [0.05, 0.1) is 7.11 Å². The summed E-state index contributed by atoms with van der Waals surface area (Å²) < 4.78 is 5.06. The maximum Gasteiger partial charge on any atom is 0.315 e. The van der Waals surface area contributed by atoms with E-state index in [4.69, 9.17) is 21.3 Å². The number of rotatable bonds is 3.